The highest BCUT2D eigenvalue weighted by Crippen LogP contribution is 2.37. The summed E-state index contributed by atoms with van der Waals surface area (Å²) in [5, 5.41) is 9.46. The molecule has 0 aromatic heterocycles. The van der Waals surface area contributed by atoms with E-state index in [4.69, 9.17) is 0 Å². The van der Waals surface area contributed by atoms with Crippen molar-refractivity contribution >= 4 is 29.2 Å². The van der Waals surface area contributed by atoms with E-state index < -0.39 is 11.9 Å². The molecule has 0 saturated heterocycles. The fourth-order valence-corrected chi connectivity index (χ4v) is 3.83. The summed E-state index contributed by atoms with van der Waals surface area (Å²) in [7, 11) is 0. The number of carbonyl (C=O) groups excluding carboxylic acids is 2. The maximum absolute atomic E-state index is 13.0. The number of aliphatic carboxylic acids is 1. The van der Waals surface area contributed by atoms with Gasteiger partial charge in [-0.05, 0) is 41.8 Å². The summed E-state index contributed by atoms with van der Waals surface area (Å²) >= 11 is 0. The molecule has 2 aliphatic rings. The van der Waals surface area contributed by atoms with Crippen molar-refractivity contribution in [3.8, 4) is 0 Å². The van der Waals surface area contributed by atoms with Gasteiger partial charge in [-0.1, -0.05) is 18.2 Å². The summed E-state index contributed by atoms with van der Waals surface area (Å²) in [6, 6.07) is 12.4. The Balaban J connectivity index is 1.67. The predicted octanol–water partition coefficient (Wildman–Crippen LogP) is 2.42. The molecule has 2 amide bonds. The van der Waals surface area contributed by atoms with Crippen LogP contribution >= 0.6 is 0 Å². The molecule has 26 heavy (non-hydrogen) atoms. The van der Waals surface area contributed by atoms with Crippen LogP contribution in [0.2, 0.25) is 0 Å². The minimum atomic E-state index is -0.932. The van der Waals surface area contributed by atoms with Crippen LogP contribution in [-0.2, 0) is 16.0 Å². The quantitative estimate of drug-likeness (QED) is 0.902. The molecule has 0 fully saturated rings. The summed E-state index contributed by atoms with van der Waals surface area (Å²) < 4.78 is 0. The Kier molecular flexibility index (Phi) is 3.76. The zero-order chi connectivity index (χ0) is 18.4. The molecule has 4 rings (SSSR count). The van der Waals surface area contributed by atoms with E-state index in [0.29, 0.717) is 29.8 Å². The van der Waals surface area contributed by atoms with Gasteiger partial charge in [0.1, 0.15) is 5.92 Å². The lowest BCUT2D eigenvalue weighted by Gasteiger charge is -2.19. The van der Waals surface area contributed by atoms with Crippen LogP contribution in [0.3, 0.4) is 0 Å². The Hall–Kier alpha value is -3.15. The number of hydrogen-bond donors (Lipinski definition) is 1. The van der Waals surface area contributed by atoms with Crippen molar-refractivity contribution in [3.05, 3.63) is 59.2 Å². The third kappa shape index (κ3) is 2.45. The molecule has 1 unspecified atom stereocenters. The average Bonchev–Trinajstić information content (AvgIpc) is 3.22. The van der Waals surface area contributed by atoms with Gasteiger partial charge in [0.25, 0.3) is 5.91 Å². The van der Waals surface area contributed by atoms with Gasteiger partial charge < -0.3 is 14.9 Å². The van der Waals surface area contributed by atoms with Crippen molar-refractivity contribution in [3.63, 3.8) is 0 Å². The molecule has 0 bridgehead atoms. The van der Waals surface area contributed by atoms with Gasteiger partial charge in [0.15, 0.2) is 0 Å². The van der Waals surface area contributed by atoms with Crippen molar-refractivity contribution in [2.45, 2.75) is 19.3 Å². The molecule has 132 valence electrons. The molecular formula is C20H18N2O4. The van der Waals surface area contributed by atoms with E-state index in [1.165, 1.54) is 11.8 Å². The number of fused-ring (bicyclic) bond motifs is 2. The van der Waals surface area contributed by atoms with Gasteiger partial charge in [-0.3, -0.25) is 14.4 Å². The van der Waals surface area contributed by atoms with Crippen LogP contribution in [0.15, 0.2) is 42.5 Å². The van der Waals surface area contributed by atoms with Crippen molar-refractivity contribution in [2.24, 2.45) is 0 Å². The van der Waals surface area contributed by atoms with E-state index in [-0.39, 0.29) is 18.4 Å². The second-order valence-corrected chi connectivity index (χ2v) is 6.63. The van der Waals surface area contributed by atoms with E-state index in [1.807, 2.05) is 6.07 Å². The van der Waals surface area contributed by atoms with Crippen LogP contribution in [0.4, 0.5) is 11.4 Å². The summed E-state index contributed by atoms with van der Waals surface area (Å²) in [6.45, 7) is 2.28. The van der Waals surface area contributed by atoms with Crippen LogP contribution < -0.4 is 9.80 Å². The first-order valence-corrected chi connectivity index (χ1v) is 8.52. The molecule has 1 atom stereocenters. The molecule has 0 spiro atoms. The zero-order valence-corrected chi connectivity index (χ0v) is 14.3. The monoisotopic (exact) mass is 350 g/mol. The third-order valence-electron chi connectivity index (χ3n) is 5.11. The van der Waals surface area contributed by atoms with Crippen molar-refractivity contribution in [1.29, 1.82) is 0 Å². The number of nitrogens with zero attached hydrogens (tertiary/aromatic N) is 2. The Bertz CT molecular complexity index is 937. The Labute approximate surface area is 150 Å². The fraction of sp³-hybridized carbons (Fsp3) is 0.250. The van der Waals surface area contributed by atoms with Gasteiger partial charge in [-0.2, -0.15) is 0 Å². The van der Waals surface area contributed by atoms with Crippen molar-refractivity contribution in [2.75, 3.05) is 22.9 Å². The van der Waals surface area contributed by atoms with Gasteiger partial charge in [-0.25, -0.2) is 0 Å². The number of anilines is 2. The Morgan fingerprint density at radius 3 is 2.54 bits per heavy atom. The average molecular weight is 350 g/mol. The number of benzene rings is 2. The standard InChI is InChI=1S/C20H18N2O4/c1-12(23)21-9-8-13-10-14(6-7-17(13)21)19(24)22-11-16(20(25)26)15-4-2-3-5-18(15)22/h2-7,10,16H,8-9,11H2,1H3,(H,25,26). The van der Waals surface area contributed by atoms with E-state index >= 15 is 0 Å². The van der Waals surface area contributed by atoms with Gasteiger partial charge in [0.2, 0.25) is 5.91 Å². The first kappa shape index (κ1) is 16.3. The van der Waals surface area contributed by atoms with E-state index in [1.54, 1.807) is 41.3 Å². The first-order chi connectivity index (χ1) is 12.5. The topological polar surface area (TPSA) is 77.9 Å². The predicted molar refractivity (Wildman–Crippen MR) is 96.7 cm³/mol. The molecule has 0 saturated carbocycles. The minimum absolute atomic E-state index is 0.0133. The largest absolute Gasteiger partial charge is 0.481 e. The molecule has 6 heteroatoms. The highest BCUT2D eigenvalue weighted by Gasteiger charge is 2.37. The maximum Gasteiger partial charge on any atom is 0.312 e. The molecule has 0 radical (unpaired) electrons. The SMILES string of the molecule is CC(=O)N1CCc2cc(C(=O)N3CC(C(=O)O)c4ccccc43)ccc21. The molecule has 0 aliphatic carbocycles. The lowest BCUT2D eigenvalue weighted by molar-refractivity contribution is -0.138. The van der Waals surface area contributed by atoms with E-state index in [9.17, 15) is 19.5 Å². The highest BCUT2D eigenvalue weighted by atomic mass is 16.4. The molecule has 2 heterocycles. The fourth-order valence-electron chi connectivity index (χ4n) is 3.83. The van der Waals surface area contributed by atoms with Crippen LogP contribution in [0.1, 0.15) is 34.3 Å². The Morgan fingerprint density at radius 1 is 1.04 bits per heavy atom. The van der Waals surface area contributed by atoms with Crippen LogP contribution in [0.5, 0.6) is 0 Å². The number of rotatable bonds is 2. The summed E-state index contributed by atoms with van der Waals surface area (Å²) in [4.78, 5) is 39.5. The molecule has 2 aromatic rings. The lowest BCUT2D eigenvalue weighted by atomic mass is 10.0. The van der Waals surface area contributed by atoms with Gasteiger partial charge in [0, 0.05) is 37.0 Å². The molecule has 2 aromatic carbocycles. The number of carboxylic acids is 1. The molecular weight excluding hydrogens is 332 g/mol. The summed E-state index contributed by atoms with van der Waals surface area (Å²) in [6.07, 6.45) is 0.713. The van der Waals surface area contributed by atoms with Gasteiger partial charge in [0.05, 0.1) is 0 Å². The second kappa shape index (κ2) is 5.98. The summed E-state index contributed by atoms with van der Waals surface area (Å²) in [5.74, 6) is -1.87. The smallest absolute Gasteiger partial charge is 0.312 e. The van der Waals surface area contributed by atoms with Gasteiger partial charge >= 0.3 is 5.97 Å². The molecule has 6 nitrogen and oxygen atoms in total. The second-order valence-electron chi connectivity index (χ2n) is 6.63. The summed E-state index contributed by atoms with van der Waals surface area (Å²) in [5.41, 5.74) is 3.63. The first-order valence-electron chi connectivity index (χ1n) is 8.52. The lowest BCUT2D eigenvalue weighted by Crippen LogP contribution is -2.31. The number of amides is 2. The number of carboxylic acid groups (broad SMARTS) is 1. The minimum Gasteiger partial charge on any atom is -0.481 e. The van der Waals surface area contributed by atoms with Crippen molar-refractivity contribution in [1.82, 2.24) is 0 Å². The van der Waals surface area contributed by atoms with Crippen molar-refractivity contribution < 1.29 is 19.5 Å². The Morgan fingerprint density at radius 2 is 1.81 bits per heavy atom. The zero-order valence-electron chi connectivity index (χ0n) is 14.3. The van der Waals surface area contributed by atoms with E-state index in [0.717, 1.165) is 11.3 Å². The van der Waals surface area contributed by atoms with Crippen LogP contribution in [-0.4, -0.2) is 36.0 Å². The third-order valence-corrected chi connectivity index (χ3v) is 5.11. The van der Waals surface area contributed by atoms with Crippen LogP contribution in [0.25, 0.3) is 0 Å². The highest BCUT2D eigenvalue weighted by molar-refractivity contribution is 6.09. The van der Waals surface area contributed by atoms with Crippen LogP contribution in [0, 0.1) is 0 Å². The number of carbonyl (C=O) groups is 3. The molecule has 2 aliphatic heterocycles. The maximum atomic E-state index is 13.0. The molecule has 1 N–H and O–H groups in total. The number of hydrogen-bond acceptors (Lipinski definition) is 3. The number of para-hydroxylation sites is 1. The van der Waals surface area contributed by atoms with Gasteiger partial charge in [-0.15, -0.1) is 0 Å². The normalized spacial score (nSPS) is 17.8. The van der Waals surface area contributed by atoms with E-state index in [2.05, 4.69) is 0 Å².